The van der Waals surface area contributed by atoms with Crippen LogP contribution in [0.3, 0.4) is 0 Å². The zero-order valence-corrected chi connectivity index (χ0v) is 5.66. The molecular weight excluding hydrogens is 103 g/mol. The molecule has 0 unspecified atom stereocenters. The van der Waals surface area contributed by atoms with Crippen molar-refractivity contribution in [1.82, 2.24) is 0 Å². The van der Waals surface area contributed by atoms with Gasteiger partial charge in [0.1, 0.15) is 0 Å². The molecule has 0 N–H and O–H groups in total. The van der Waals surface area contributed by atoms with E-state index >= 15 is 0 Å². The highest BCUT2D eigenvalue weighted by atomic mass is 32.2. The maximum absolute atomic E-state index is 2.14. The third-order valence-corrected chi connectivity index (χ3v) is 1.12. The molecule has 0 fully saturated rings. The van der Waals surface area contributed by atoms with Crippen LogP contribution in [0, 0.1) is 0 Å². The summed E-state index contributed by atoms with van der Waals surface area (Å²) in [5.74, 6) is 2.07. The maximum atomic E-state index is 2.14. The third kappa shape index (κ3) is 6.15. The van der Waals surface area contributed by atoms with Gasteiger partial charge in [0.25, 0.3) is 0 Å². The normalized spacial score (nSPS) is 10.0. The molecule has 0 nitrogen and oxygen atoms in total. The lowest BCUT2D eigenvalue weighted by atomic mass is 9.82. The summed E-state index contributed by atoms with van der Waals surface area (Å²) in [5.41, 5.74) is 1.13. The molecule has 0 rings (SSSR count). The first kappa shape index (κ1) is 7.15. The molecule has 0 aliphatic carbocycles. The topological polar surface area (TPSA) is 0 Å². The summed E-state index contributed by atoms with van der Waals surface area (Å²) < 4.78 is 0. The van der Waals surface area contributed by atoms with Crippen molar-refractivity contribution in [2.75, 3.05) is 11.9 Å². The summed E-state index contributed by atoms with van der Waals surface area (Å²) in [5, 5.41) is 0. The van der Waals surface area contributed by atoms with E-state index in [2.05, 4.69) is 19.5 Å². The van der Waals surface area contributed by atoms with Crippen molar-refractivity contribution < 1.29 is 0 Å². The van der Waals surface area contributed by atoms with Crippen molar-refractivity contribution in [3.63, 3.8) is 0 Å². The van der Waals surface area contributed by atoms with Gasteiger partial charge < -0.3 is 0 Å². The molecule has 1 radical (unpaired) electrons. The zero-order valence-electron chi connectivity index (χ0n) is 4.85. The van der Waals surface area contributed by atoms with Crippen molar-refractivity contribution in [3.05, 3.63) is 12.1 Å². The molecule has 0 aliphatic heterocycles. The fraction of sp³-hybridized carbons (Fsp3) is 0.600. The van der Waals surface area contributed by atoms with Gasteiger partial charge in [-0.25, -0.2) is 0 Å². The molecule has 0 saturated heterocycles. The minimum absolute atomic E-state index is 1.13. The Labute approximate surface area is 50.6 Å². The van der Waals surface area contributed by atoms with Gasteiger partial charge in [-0.3, -0.25) is 0 Å². The number of rotatable bonds is 3. The second kappa shape index (κ2) is 6.15. The van der Waals surface area contributed by atoms with Crippen LogP contribution in [-0.4, -0.2) is 19.2 Å². The van der Waals surface area contributed by atoms with E-state index in [0.29, 0.717) is 0 Å². The molecule has 0 bridgehead atoms. The van der Waals surface area contributed by atoms with Gasteiger partial charge in [-0.05, 0) is 18.8 Å². The van der Waals surface area contributed by atoms with Crippen LogP contribution in [-0.2, 0) is 0 Å². The van der Waals surface area contributed by atoms with E-state index < -0.39 is 0 Å². The van der Waals surface area contributed by atoms with Crippen LogP contribution < -0.4 is 0 Å². The molecule has 39 valence electrons. The number of hydrogen-bond donors (Lipinski definition) is 0. The summed E-state index contributed by atoms with van der Waals surface area (Å²) in [6.45, 7) is 2.02. The van der Waals surface area contributed by atoms with E-state index in [0.717, 1.165) is 5.65 Å². The van der Waals surface area contributed by atoms with E-state index in [1.807, 2.05) is 24.8 Å². The van der Waals surface area contributed by atoms with E-state index in [4.69, 9.17) is 0 Å². The summed E-state index contributed by atoms with van der Waals surface area (Å²) in [4.78, 5) is 0. The molecule has 0 aliphatic rings. The molecule has 0 aromatic rings. The van der Waals surface area contributed by atoms with Gasteiger partial charge in [0, 0.05) is 0 Å². The van der Waals surface area contributed by atoms with Gasteiger partial charge >= 0.3 is 0 Å². The molecule has 0 amide bonds. The predicted molar refractivity (Wildman–Crippen MR) is 39.0 cm³/mol. The summed E-state index contributed by atoms with van der Waals surface area (Å²) in [7, 11) is 2.14. The monoisotopic (exact) mass is 113 g/mol. The summed E-state index contributed by atoms with van der Waals surface area (Å²) >= 11 is 1.83. The lowest BCUT2D eigenvalue weighted by Gasteiger charge is -1.81. The van der Waals surface area contributed by atoms with Gasteiger partial charge in [-0.2, -0.15) is 11.8 Å². The Kier molecular flexibility index (Phi) is 6.29. The second-order valence-electron chi connectivity index (χ2n) is 1.22. The van der Waals surface area contributed by atoms with Crippen molar-refractivity contribution in [3.8, 4) is 0 Å². The zero-order chi connectivity index (χ0) is 5.54. The Morgan fingerprint density at radius 1 is 1.71 bits per heavy atom. The molecule has 0 spiro atoms. The highest BCUT2D eigenvalue weighted by Crippen LogP contribution is 1.86. The SMILES string of the molecule is CC=C[B]CSC. The van der Waals surface area contributed by atoms with Crippen molar-refractivity contribution in [2.45, 2.75) is 6.92 Å². The smallest absolute Gasteiger partial charge is 0.153 e. The second-order valence-corrected chi connectivity index (χ2v) is 2.13. The predicted octanol–water partition coefficient (Wildman–Crippen LogP) is 1.54. The molecule has 0 heterocycles. The average Bonchev–Trinajstić information content (AvgIpc) is 1.69. The van der Waals surface area contributed by atoms with Crippen molar-refractivity contribution in [1.29, 1.82) is 0 Å². The highest BCUT2D eigenvalue weighted by Gasteiger charge is 1.76. The Balaban J connectivity index is 2.69. The molecular formula is C5H10BS. The molecule has 0 saturated carbocycles. The summed E-state index contributed by atoms with van der Waals surface area (Å²) in [6, 6.07) is 0. The van der Waals surface area contributed by atoms with Crippen LogP contribution in [0.2, 0.25) is 0 Å². The van der Waals surface area contributed by atoms with E-state index in [9.17, 15) is 0 Å². The Bertz CT molecular complexity index is 52.0. The minimum atomic E-state index is 1.13. The van der Waals surface area contributed by atoms with E-state index in [-0.39, 0.29) is 0 Å². The van der Waals surface area contributed by atoms with E-state index in [1.165, 1.54) is 0 Å². The lowest BCUT2D eigenvalue weighted by Crippen LogP contribution is -1.86. The minimum Gasteiger partial charge on any atom is -0.174 e. The fourth-order valence-electron chi connectivity index (χ4n) is 0.288. The van der Waals surface area contributed by atoms with Crippen LogP contribution in [0.15, 0.2) is 12.1 Å². The molecule has 0 atom stereocenters. The van der Waals surface area contributed by atoms with Crippen LogP contribution in [0.1, 0.15) is 6.92 Å². The van der Waals surface area contributed by atoms with Crippen molar-refractivity contribution >= 4 is 19.0 Å². The first-order valence-corrected chi connectivity index (χ1v) is 3.74. The van der Waals surface area contributed by atoms with Gasteiger partial charge in [0.2, 0.25) is 0 Å². The molecule has 2 heteroatoms. The molecule has 0 aromatic heterocycles. The number of hydrogen-bond acceptors (Lipinski definition) is 1. The number of allylic oxidation sites excluding steroid dienone is 1. The Morgan fingerprint density at radius 3 is 2.86 bits per heavy atom. The van der Waals surface area contributed by atoms with Crippen LogP contribution in [0.4, 0.5) is 0 Å². The van der Waals surface area contributed by atoms with Gasteiger partial charge in [-0.1, -0.05) is 0 Å². The third-order valence-electron chi connectivity index (χ3n) is 0.591. The average molecular weight is 113 g/mol. The van der Waals surface area contributed by atoms with Crippen LogP contribution in [0.25, 0.3) is 0 Å². The highest BCUT2D eigenvalue weighted by molar-refractivity contribution is 7.99. The van der Waals surface area contributed by atoms with E-state index in [1.54, 1.807) is 0 Å². The lowest BCUT2D eigenvalue weighted by molar-refractivity contribution is 1.77. The number of thioether (sulfide) groups is 1. The van der Waals surface area contributed by atoms with Gasteiger partial charge in [0.15, 0.2) is 7.28 Å². The largest absolute Gasteiger partial charge is 0.174 e. The fourth-order valence-corrected chi connectivity index (χ4v) is 0.591. The molecule has 7 heavy (non-hydrogen) atoms. The summed E-state index contributed by atoms with van der Waals surface area (Å²) in [6.07, 6.45) is 4.14. The first-order valence-electron chi connectivity index (χ1n) is 2.35. The first-order chi connectivity index (χ1) is 3.41. The maximum Gasteiger partial charge on any atom is 0.153 e. The van der Waals surface area contributed by atoms with Crippen molar-refractivity contribution in [2.24, 2.45) is 0 Å². The van der Waals surface area contributed by atoms with Crippen LogP contribution in [0.5, 0.6) is 0 Å². The quantitative estimate of drug-likeness (QED) is 0.395. The van der Waals surface area contributed by atoms with Gasteiger partial charge in [-0.15, -0.1) is 12.1 Å². The Hall–Kier alpha value is 0.155. The molecule has 0 aromatic carbocycles. The standard InChI is InChI=1S/C5H10BS/c1-3-4-6-5-7-2/h3-4H,5H2,1-2H3. The van der Waals surface area contributed by atoms with Crippen LogP contribution >= 0.6 is 11.8 Å². The van der Waals surface area contributed by atoms with Gasteiger partial charge in [0.05, 0.1) is 0 Å². The Morgan fingerprint density at radius 2 is 2.43 bits per heavy atom.